The van der Waals surface area contributed by atoms with Crippen LogP contribution in [0.1, 0.15) is 25.1 Å². The molecule has 0 spiro atoms. The summed E-state index contributed by atoms with van der Waals surface area (Å²) in [6.07, 6.45) is 0.871. The second kappa shape index (κ2) is 8.80. The van der Waals surface area contributed by atoms with Gasteiger partial charge in [-0.05, 0) is 41.0 Å². The predicted molar refractivity (Wildman–Crippen MR) is 124 cm³/mol. The summed E-state index contributed by atoms with van der Waals surface area (Å²) in [6.45, 7) is 3.70. The van der Waals surface area contributed by atoms with Crippen LogP contribution in [0.4, 0.5) is 10.8 Å². The van der Waals surface area contributed by atoms with Crippen molar-refractivity contribution in [3.8, 4) is 0 Å². The van der Waals surface area contributed by atoms with Crippen LogP contribution in [0.5, 0.6) is 0 Å². The lowest BCUT2D eigenvalue weighted by atomic mass is 10.1. The molecule has 29 heavy (non-hydrogen) atoms. The van der Waals surface area contributed by atoms with E-state index in [1.165, 1.54) is 27.0 Å². The number of aryl methyl sites for hydroxylation is 1. The van der Waals surface area contributed by atoms with E-state index >= 15 is 0 Å². The Morgan fingerprint density at radius 1 is 1.03 bits per heavy atom. The van der Waals surface area contributed by atoms with Crippen LogP contribution in [-0.4, -0.2) is 10.9 Å². The number of para-hydroxylation sites is 1. The zero-order valence-corrected chi connectivity index (χ0v) is 18.1. The van der Waals surface area contributed by atoms with E-state index in [0.717, 1.165) is 34.2 Å². The number of nitrogens with zero attached hydrogens (tertiary/aromatic N) is 2. The predicted octanol–water partition coefficient (Wildman–Crippen LogP) is 6.84. The molecule has 4 aromatic rings. The van der Waals surface area contributed by atoms with Crippen LogP contribution in [-0.2, 0) is 17.0 Å². The zero-order chi connectivity index (χ0) is 20.2. The maximum Gasteiger partial charge on any atom is 0.230 e. The average Bonchev–Trinajstić information content (AvgIpc) is 3.21. The van der Waals surface area contributed by atoms with E-state index in [4.69, 9.17) is 4.98 Å². The number of aromatic nitrogens is 1. The van der Waals surface area contributed by atoms with Crippen molar-refractivity contribution >= 4 is 50.6 Å². The van der Waals surface area contributed by atoms with Crippen LogP contribution in [0.15, 0.2) is 77.0 Å². The number of benzene rings is 3. The van der Waals surface area contributed by atoms with Crippen molar-refractivity contribution in [2.45, 2.75) is 30.9 Å². The molecule has 4 rings (SSSR count). The molecule has 3 aromatic carbocycles. The van der Waals surface area contributed by atoms with Crippen LogP contribution in [0.2, 0.25) is 0 Å². The number of rotatable bonds is 6. The fourth-order valence-electron chi connectivity index (χ4n) is 3.32. The molecule has 0 bridgehead atoms. The molecule has 0 radical (unpaired) electrons. The minimum absolute atomic E-state index is 0.0195. The lowest BCUT2D eigenvalue weighted by Gasteiger charge is -2.20. The first-order valence-electron chi connectivity index (χ1n) is 9.60. The quantitative estimate of drug-likeness (QED) is 0.322. The molecule has 1 heterocycles. The third kappa shape index (κ3) is 4.36. The molecule has 146 valence electrons. The highest BCUT2D eigenvalue weighted by Gasteiger charge is 2.20. The average molecular weight is 419 g/mol. The monoisotopic (exact) mass is 418 g/mol. The second-order valence-corrected chi connectivity index (χ2v) is 8.64. The Morgan fingerprint density at radius 3 is 2.59 bits per heavy atom. The molecule has 0 saturated heterocycles. The van der Waals surface area contributed by atoms with Gasteiger partial charge in [0.1, 0.15) is 0 Å². The molecule has 0 atom stereocenters. The van der Waals surface area contributed by atoms with Crippen molar-refractivity contribution in [1.29, 1.82) is 0 Å². The van der Waals surface area contributed by atoms with Gasteiger partial charge in [-0.2, -0.15) is 0 Å². The van der Waals surface area contributed by atoms with Crippen molar-refractivity contribution < 1.29 is 4.79 Å². The topological polar surface area (TPSA) is 33.2 Å². The van der Waals surface area contributed by atoms with E-state index in [2.05, 4.69) is 55.5 Å². The van der Waals surface area contributed by atoms with Crippen LogP contribution in [0.3, 0.4) is 0 Å². The first-order chi connectivity index (χ1) is 14.2. The van der Waals surface area contributed by atoms with E-state index in [-0.39, 0.29) is 5.91 Å². The van der Waals surface area contributed by atoms with Gasteiger partial charge >= 0.3 is 0 Å². The van der Waals surface area contributed by atoms with E-state index in [1.54, 1.807) is 23.6 Å². The number of anilines is 2. The minimum Gasteiger partial charge on any atom is -0.274 e. The summed E-state index contributed by atoms with van der Waals surface area (Å²) in [5, 5.41) is 5.27. The minimum atomic E-state index is -0.0195. The van der Waals surface area contributed by atoms with Gasteiger partial charge in [0.25, 0.3) is 0 Å². The van der Waals surface area contributed by atoms with Gasteiger partial charge in [0.2, 0.25) is 5.91 Å². The molecule has 0 N–H and O–H groups in total. The van der Waals surface area contributed by atoms with Gasteiger partial charge in [-0.25, -0.2) is 4.98 Å². The Bertz CT molecular complexity index is 1150. The molecule has 0 unspecified atom stereocenters. The Balaban J connectivity index is 1.54. The van der Waals surface area contributed by atoms with Crippen molar-refractivity contribution in [1.82, 2.24) is 4.98 Å². The first-order valence-corrected chi connectivity index (χ1v) is 11.5. The highest BCUT2D eigenvalue weighted by Crippen LogP contribution is 2.33. The summed E-state index contributed by atoms with van der Waals surface area (Å²) in [6, 6.07) is 22.9. The van der Waals surface area contributed by atoms with Gasteiger partial charge in [0, 0.05) is 23.0 Å². The van der Waals surface area contributed by atoms with Crippen molar-refractivity contribution in [3.63, 3.8) is 0 Å². The summed E-state index contributed by atoms with van der Waals surface area (Å²) >= 11 is 3.28. The Kier molecular flexibility index (Phi) is 5.97. The summed E-state index contributed by atoms with van der Waals surface area (Å²) in [5.41, 5.74) is 3.05. The number of thiazole rings is 1. The van der Waals surface area contributed by atoms with Gasteiger partial charge in [0.15, 0.2) is 5.13 Å². The molecule has 0 aliphatic heterocycles. The molecule has 0 saturated carbocycles. The van der Waals surface area contributed by atoms with Crippen molar-refractivity contribution in [3.05, 3.63) is 83.4 Å². The molecule has 0 aliphatic carbocycles. The third-order valence-corrected chi connectivity index (χ3v) is 6.67. The van der Waals surface area contributed by atoms with E-state index in [1.807, 2.05) is 23.6 Å². The third-order valence-electron chi connectivity index (χ3n) is 4.77. The zero-order valence-electron chi connectivity index (χ0n) is 16.5. The Labute approximate surface area is 179 Å². The van der Waals surface area contributed by atoms with E-state index < -0.39 is 0 Å². The molecule has 1 amide bonds. The SMILES string of the molecule is CCc1ccccc1N(C(C)=O)c1nc(CSc2ccc3ccccc3c2)cs1. The number of carbonyl (C=O) groups excluding carboxylic acids is 1. The molecule has 1 aromatic heterocycles. The fraction of sp³-hybridized carbons (Fsp3) is 0.167. The summed E-state index contributed by atoms with van der Waals surface area (Å²) in [5.74, 6) is 0.754. The normalized spacial score (nSPS) is 11.0. The van der Waals surface area contributed by atoms with Gasteiger partial charge < -0.3 is 0 Å². The summed E-state index contributed by atoms with van der Waals surface area (Å²) < 4.78 is 0. The van der Waals surface area contributed by atoms with Crippen molar-refractivity contribution in [2.24, 2.45) is 0 Å². The van der Waals surface area contributed by atoms with Gasteiger partial charge in [0.05, 0.1) is 11.4 Å². The lowest BCUT2D eigenvalue weighted by molar-refractivity contribution is -0.115. The van der Waals surface area contributed by atoms with Crippen LogP contribution >= 0.6 is 23.1 Å². The molecule has 0 aliphatic rings. The maximum atomic E-state index is 12.4. The molecule has 5 heteroatoms. The number of thioether (sulfide) groups is 1. The molecule has 0 fully saturated rings. The second-order valence-electron chi connectivity index (χ2n) is 6.76. The number of carbonyl (C=O) groups is 1. The smallest absolute Gasteiger partial charge is 0.230 e. The maximum absolute atomic E-state index is 12.4. The standard InChI is InChI=1S/C24H22N2OS2/c1-3-18-8-6-7-11-23(18)26(17(2)27)24-25-21(16-29-24)15-28-22-13-12-19-9-4-5-10-20(19)14-22/h4-14,16H,3,15H2,1-2H3. The first kappa shape index (κ1) is 19.7. The number of amides is 1. The Hall–Kier alpha value is -2.63. The van der Waals surface area contributed by atoms with E-state index in [0.29, 0.717) is 0 Å². The highest BCUT2D eigenvalue weighted by atomic mass is 32.2. The number of hydrogen-bond donors (Lipinski definition) is 0. The van der Waals surface area contributed by atoms with E-state index in [9.17, 15) is 4.79 Å². The highest BCUT2D eigenvalue weighted by molar-refractivity contribution is 7.98. The summed E-state index contributed by atoms with van der Waals surface area (Å²) in [7, 11) is 0. The van der Waals surface area contributed by atoms with Crippen LogP contribution in [0, 0.1) is 0 Å². The van der Waals surface area contributed by atoms with Gasteiger partial charge in [-0.1, -0.05) is 55.5 Å². The van der Waals surface area contributed by atoms with Gasteiger partial charge in [-0.15, -0.1) is 23.1 Å². The van der Waals surface area contributed by atoms with Crippen LogP contribution in [0.25, 0.3) is 10.8 Å². The number of hydrogen-bond acceptors (Lipinski definition) is 4. The fourth-order valence-corrected chi connectivity index (χ4v) is 5.14. The largest absolute Gasteiger partial charge is 0.274 e. The Morgan fingerprint density at radius 2 is 1.79 bits per heavy atom. The molecular weight excluding hydrogens is 396 g/mol. The summed E-state index contributed by atoms with van der Waals surface area (Å²) in [4.78, 5) is 20.1. The van der Waals surface area contributed by atoms with Crippen molar-refractivity contribution in [2.75, 3.05) is 4.90 Å². The molecular formula is C24H22N2OS2. The van der Waals surface area contributed by atoms with Crippen LogP contribution < -0.4 is 4.90 Å². The van der Waals surface area contributed by atoms with Gasteiger partial charge in [-0.3, -0.25) is 9.69 Å². The lowest BCUT2D eigenvalue weighted by Crippen LogP contribution is -2.23. The molecule has 3 nitrogen and oxygen atoms in total. The number of fused-ring (bicyclic) bond motifs is 1.